The zero-order chi connectivity index (χ0) is 22.4. The lowest BCUT2D eigenvalue weighted by Gasteiger charge is -2.41. The Bertz CT molecular complexity index is 917. The molecule has 3 rings (SSSR count). The molecule has 31 heavy (non-hydrogen) atoms. The van der Waals surface area contributed by atoms with E-state index in [0.29, 0.717) is 38.8 Å². The van der Waals surface area contributed by atoms with E-state index in [-0.39, 0.29) is 23.7 Å². The van der Waals surface area contributed by atoms with Crippen molar-refractivity contribution in [3.63, 3.8) is 0 Å². The van der Waals surface area contributed by atoms with Gasteiger partial charge in [0.05, 0.1) is 5.41 Å². The van der Waals surface area contributed by atoms with Gasteiger partial charge in [-0.3, -0.25) is 9.59 Å². The standard InChI is InChI=1S/C26H33FN2O2/c1-4-8-24(30)29-15-13-26(14-16-29,25(31)28-19(2)3)18-21-9-5-6-12-23(21)20-10-7-11-22(27)17-20/h5-7,9-12,17,19H,4,8,13-16,18H2,1-3H3,(H,28,31). The third-order valence-electron chi connectivity index (χ3n) is 6.12. The Kier molecular flexibility index (Phi) is 7.47. The predicted octanol–water partition coefficient (Wildman–Crippen LogP) is 4.97. The van der Waals surface area contributed by atoms with Crippen molar-refractivity contribution >= 4 is 11.8 Å². The van der Waals surface area contributed by atoms with Gasteiger partial charge in [0, 0.05) is 25.6 Å². The number of benzene rings is 2. The topological polar surface area (TPSA) is 49.4 Å². The molecule has 4 nitrogen and oxygen atoms in total. The fraction of sp³-hybridized carbons (Fsp3) is 0.462. The number of rotatable bonds is 7. The van der Waals surface area contributed by atoms with Crippen LogP contribution in [0.3, 0.4) is 0 Å². The summed E-state index contributed by atoms with van der Waals surface area (Å²) in [6, 6.07) is 14.5. The highest BCUT2D eigenvalue weighted by Crippen LogP contribution is 2.38. The first-order valence-corrected chi connectivity index (χ1v) is 11.3. The summed E-state index contributed by atoms with van der Waals surface area (Å²) in [4.78, 5) is 27.6. The second-order valence-corrected chi connectivity index (χ2v) is 8.88. The van der Waals surface area contributed by atoms with Gasteiger partial charge in [0.1, 0.15) is 5.82 Å². The molecule has 1 fully saturated rings. The third-order valence-corrected chi connectivity index (χ3v) is 6.12. The van der Waals surface area contributed by atoms with Crippen LogP contribution in [0.25, 0.3) is 11.1 Å². The summed E-state index contributed by atoms with van der Waals surface area (Å²) < 4.78 is 13.9. The summed E-state index contributed by atoms with van der Waals surface area (Å²) in [6.07, 6.45) is 3.19. The van der Waals surface area contributed by atoms with Crippen molar-refractivity contribution in [1.29, 1.82) is 0 Å². The maximum absolute atomic E-state index is 13.9. The third kappa shape index (κ3) is 5.52. The Labute approximate surface area is 184 Å². The minimum atomic E-state index is -0.587. The molecule has 5 heteroatoms. The molecule has 0 atom stereocenters. The highest BCUT2D eigenvalue weighted by molar-refractivity contribution is 5.84. The molecule has 0 radical (unpaired) electrons. The van der Waals surface area contributed by atoms with Crippen LogP contribution >= 0.6 is 0 Å². The fourth-order valence-corrected chi connectivity index (χ4v) is 4.43. The summed E-state index contributed by atoms with van der Waals surface area (Å²) >= 11 is 0. The first kappa shape index (κ1) is 23.0. The van der Waals surface area contributed by atoms with Crippen molar-refractivity contribution in [2.24, 2.45) is 5.41 Å². The number of piperidine rings is 1. The Morgan fingerprint density at radius 1 is 1.10 bits per heavy atom. The molecule has 1 N–H and O–H groups in total. The average molecular weight is 425 g/mol. The van der Waals surface area contributed by atoms with Gasteiger partial charge in [-0.15, -0.1) is 0 Å². The van der Waals surface area contributed by atoms with Crippen LogP contribution in [0, 0.1) is 11.2 Å². The van der Waals surface area contributed by atoms with E-state index in [0.717, 1.165) is 23.1 Å². The molecule has 1 aliphatic rings. The van der Waals surface area contributed by atoms with Crippen LogP contribution < -0.4 is 5.32 Å². The van der Waals surface area contributed by atoms with Crippen molar-refractivity contribution in [2.75, 3.05) is 13.1 Å². The Balaban J connectivity index is 1.91. The van der Waals surface area contributed by atoms with E-state index in [1.165, 1.54) is 12.1 Å². The highest BCUT2D eigenvalue weighted by atomic mass is 19.1. The second-order valence-electron chi connectivity index (χ2n) is 8.88. The molecule has 0 aromatic heterocycles. The minimum Gasteiger partial charge on any atom is -0.353 e. The van der Waals surface area contributed by atoms with Gasteiger partial charge in [0.2, 0.25) is 11.8 Å². The highest BCUT2D eigenvalue weighted by Gasteiger charge is 2.42. The van der Waals surface area contributed by atoms with Gasteiger partial charge in [0.25, 0.3) is 0 Å². The van der Waals surface area contributed by atoms with E-state index < -0.39 is 5.41 Å². The molecule has 0 aliphatic carbocycles. The number of halogens is 1. The normalized spacial score (nSPS) is 15.7. The van der Waals surface area contributed by atoms with Crippen LogP contribution in [0.15, 0.2) is 48.5 Å². The first-order chi connectivity index (χ1) is 14.8. The van der Waals surface area contributed by atoms with Gasteiger partial charge in [-0.25, -0.2) is 4.39 Å². The monoisotopic (exact) mass is 424 g/mol. The van der Waals surface area contributed by atoms with Crippen molar-refractivity contribution in [3.05, 3.63) is 59.9 Å². The van der Waals surface area contributed by atoms with Crippen LogP contribution in [-0.4, -0.2) is 35.8 Å². The maximum Gasteiger partial charge on any atom is 0.226 e. The molecule has 0 unspecified atom stereocenters. The Morgan fingerprint density at radius 2 is 1.81 bits per heavy atom. The van der Waals surface area contributed by atoms with Crippen molar-refractivity contribution < 1.29 is 14.0 Å². The van der Waals surface area contributed by atoms with E-state index >= 15 is 0 Å². The van der Waals surface area contributed by atoms with Crippen LogP contribution in [-0.2, 0) is 16.0 Å². The van der Waals surface area contributed by atoms with Gasteiger partial charge in [-0.2, -0.15) is 0 Å². The number of nitrogens with one attached hydrogen (secondary N) is 1. The number of nitrogens with zero attached hydrogens (tertiary/aromatic N) is 1. The van der Waals surface area contributed by atoms with E-state index in [2.05, 4.69) is 5.32 Å². The summed E-state index contributed by atoms with van der Waals surface area (Å²) in [7, 11) is 0. The lowest BCUT2D eigenvalue weighted by molar-refractivity contribution is -0.141. The first-order valence-electron chi connectivity index (χ1n) is 11.3. The number of carbonyl (C=O) groups excluding carboxylic acids is 2. The Hall–Kier alpha value is -2.69. The smallest absolute Gasteiger partial charge is 0.226 e. The molecule has 166 valence electrons. The van der Waals surface area contributed by atoms with E-state index in [9.17, 15) is 14.0 Å². The van der Waals surface area contributed by atoms with Crippen molar-refractivity contribution in [2.45, 2.75) is 58.9 Å². The zero-order valence-corrected chi connectivity index (χ0v) is 18.8. The molecule has 1 aliphatic heterocycles. The predicted molar refractivity (Wildman–Crippen MR) is 122 cm³/mol. The molecule has 0 spiro atoms. The lowest BCUT2D eigenvalue weighted by atomic mass is 9.71. The van der Waals surface area contributed by atoms with Crippen molar-refractivity contribution in [3.8, 4) is 11.1 Å². The molecule has 0 saturated carbocycles. The number of likely N-dealkylation sites (tertiary alicyclic amines) is 1. The van der Waals surface area contributed by atoms with Gasteiger partial charge in [-0.1, -0.05) is 43.3 Å². The number of carbonyl (C=O) groups is 2. The molecular weight excluding hydrogens is 391 g/mol. The van der Waals surface area contributed by atoms with Crippen LogP contribution in [0.1, 0.15) is 52.0 Å². The quantitative estimate of drug-likeness (QED) is 0.682. The van der Waals surface area contributed by atoms with E-state index in [1.807, 2.05) is 56.0 Å². The van der Waals surface area contributed by atoms with E-state index in [4.69, 9.17) is 0 Å². The second kappa shape index (κ2) is 10.1. The zero-order valence-electron chi connectivity index (χ0n) is 18.8. The molecule has 2 aromatic carbocycles. The molecular formula is C26H33FN2O2. The molecule has 1 saturated heterocycles. The van der Waals surface area contributed by atoms with Gasteiger partial charge < -0.3 is 10.2 Å². The summed E-state index contributed by atoms with van der Waals surface area (Å²) in [5, 5.41) is 3.11. The number of hydrogen-bond donors (Lipinski definition) is 1. The SMILES string of the molecule is CCCC(=O)N1CCC(Cc2ccccc2-c2cccc(F)c2)(C(=O)NC(C)C)CC1. The maximum atomic E-state index is 13.9. The lowest BCUT2D eigenvalue weighted by Crippen LogP contribution is -2.52. The van der Waals surface area contributed by atoms with Gasteiger partial charge >= 0.3 is 0 Å². The minimum absolute atomic E-state index is 0.0409. The largest absolute Gasteiger partial charge is 0.353 e. The van der Waals surface area contributed by atoms with Gasteiger partial charge in [-0.05, 0) is 68.4 Å². The summed E-state index contributed by atoms with van der Waals surface area (Å²) in [5.41, 5.74) is 2.20. The van der Waals surface area contributed by atoms with Crippen molar-refractivity contribution in [1.82, 2.24) is 10.2 Å². The Morgan fingerprint density at radius 3 is 2.45 bits per heavy atom. The van der Waals surface area contributed by atoms with Gasteiger partial charge in [0.15, 0.2) is 0 Å². The number of amides is 2. The molecule has 2 aromatic rings. The van der Waals surface area contributed by atoms with Crippen LogP contribution in [0.2, 0.25) is 0 Å². The summed E-state index contributed by atoms with van der Waals surface area (Å²) in [5.74, 6) is -0.0676. The number of hydrogen-bond acceptors (Lipinski definition) is 2. The molecule has 0 bridgehead atoms. The fourth-order valence-electron chi connectivity index (χ4n) is 4.43. The summed E-state index contributed by atoms with van der Waals surface area (Å²) in [6.45, 7) is 7.11. The average Bonchev–Trinajstić information content (AvgIpc) is 2.74. The van der Waals surface area contributed by atoms with Crippen LogP contribution in [0.4, 0.5) is 4.39 Å². The van der Waals surface area contributed by atoms with E-state index in [1.54, 1.807) is 6.07 Å². The molecule has 1 heterocycles. The van der Waals surface area contributed by atoms with Crippen LogP contribution in [0.5, 0.6) is 0 Å². The molecule has 2 amide bonds.